The second-order valence-electron chi connectivity index (χ2n) is 4.38. The fourth-order valence-electron chi connectivity index (χ4n) is 1.42. The predicted octanol–water partition coefficient (Wildman–Crippen LogP) is 1.40. The molecule has 0 radical (unpaired) electrons. The number of rotatable bonds is 4. The summed E-state index contributed by atoms with van der Waals surface area (Å²) in [6.45, 7) is 6.39. The van der Waals surface area contributed by atoms with Gasteiger partial charge in [0.15, 0.2) is 0 Å². The Balaban J connectivity index is 2.53. The van der Waals surface area contributed by atoms with Crippen molar-refractivity contribution in [2.24, 2.45) is 5.10 Å². The Morgan fingerprint density at radius 2 is 1.84 bits per heavy atom. The van der Waals surface area contributed by atoms with Crippen LogP contribution < -0.4 is 10.7 Å². The van der Waals surface area contributed by atoms with Crippen molar-refractivity contribution in [3.63, 3.8) is 0 Å². The Labute approximate surface area is 113 Å². The van der Waals surface area contributed by atoms with Crippen LogP contribution in [0.5, 0.6) is 0 Å². The normalized spacial score (nSPS) is 10.7. The molecule has 0 fully saturated rings. The van der Waals surface area contributed by atoms with E-state index in [-0.39, 0.29) is 0 Å². The molecule has 0 saturated carbocycles. The summed E-state index contributed by atoms with van der Waals surface area (Å²) >= 11 is 0. The molecule has 5 heteroatoms. The fourth-order valence-corrected chi connectivity index (χ4v) is 1.42. The maximum atomic E-state index is 11.2. The van der Waals surface area contributed by atoms with Gasteiger partial charge in [-0.2, -0.15) is 5.10 Å². The van der Waals surface area contributed by atoms with E-state index < -0.39 is 11.8 Å². The van der Waals surface area contributed by atoms with Crippen LogP contribution in [0.2, 0.25) is 0 Å². The number of carbonyl (C=O) groups excluding carboxylic acids is 2. The highest BCUT2D eigenvalue weighted by Gasteiger charge is 2.09. The molecule has 102 valence electrons. The van der Waals surface area contributed by atoms with E-state index in [2.05, 4.69) is 29.7 Å². The van der Waals surface area contributed by atoms with Crippen LogP contribution >= 0.6 is 0 Å². The van der Waals surface area contributed by atoms with Crippen molar-refractivity contribution in [3.05, 3.63) is 35.4 Å². The zero-order valence-electron chi connectivity index (χ0n) is 11.4. The summed E-state index contributed by atoms with van der Waals surface area (Å²) in [5.41, 5.74) is 4.27. The molecule has 0 aromatic heterocycles. The van der Waals surface area contributed by atoms with E-state index in [4.69, 9.17) is 0 Å². The summed E-state index contributed by atoms with van der Waals surface area (Å²) in [6, 6.07) is 7.85. The summed E-state index contributed by atoms with van der Waals surface area (Å²) in [5.74, 6) is -0.977. The van der Waals surface area contributed by atoms with E-state index in [1.54, 1.807) is 6.92 Å². The SMILES string of the molecule is CCNC(=O)C(=O)N/N=C/c1ccc(C(C)C)cc1. The van der Waals surface area contributed by atoms with Gasteiger partial charge in [-0.05, 0) is 24.0 Å². The molecule has 0 aliphatic heterocycles. The van der Waals surface area contributed by atoms with E-state index in [0.29, 0.717) is 12.5 Å². The molecule has 2 N–H and O–H groups in total. The van der Waals surface area contributed by atoms with Crippen LogP contribution in [0.4, 0.5) is 0 Å². The molecule has 0 aliphatic carbocycles. The second-order valence-corrected chi connectivity index (χ2v) is 4.38. The van der Waals surface area contributed by atoms with Crippen molar-refractivity contribution in [3.8, 4) is 0 Å². The van der Waals surface area contributed by atoms with E-state index in [0.717, 1.165) is 5.56 Å². The molecule has 1 aromatic rings. The van der Waals surface area contributed by atoms with Gasteiger partial charge in [0, 0.05) is 6.54 Å². The number of carbonyl (C=O) groups is 2. The minimum Gasteiger partial charge on any atom is -0.348 e. The summed E-state index contributed by atoms with van der Waals surface area (Å²) < 4.78 is 0. The lowest BCUT2D eigenvalue weighted by atomic mass is 10.0. The average Bonchev–Trinajstić information content (AvgIpc) is 2.39. The molecule has 0 heterocycles. The van der Waals surface area contributed by atoms with Gasteiger partial charge in [0.25, 0.3) is 0 Å². The number of amides is 2. The minimum atomic E-state index is -0.767. The molecule has 0 atom stereocenters. The number of benzene rings is 1. The summed E-state index contributed by atoms with van der Waals surface area (Å²) in [7, 11) is 0. The highest BCUT2D eigenvalue weighted by atomic mass is 16.2. The number of nitrogens with zero attached hydrogens (tertiary/aromatic N) is 1. The van der Waals surface area contributed by atoms with Crippen molar-refractivity contribution in [2.75, 3.05) is 6.54 Å². The van der Waals surface area contributed by atoms with Crippen LogP contribution in [-0.4, -0.2) is 24.6 Å². The van der Waals surface area contributed by atoms with Gasteiger partial charge in [-0.1, -0.05) is 38.1 Å². The maximum Gasteiger partial charge on any atom is 0.329 e. The smallest absolute Gasteiger partial charge is 0.329 e. The molecule has 19 heavy (non-hydrogen) atoms. The molecule has 1 rings (SSSR count). The lowest BCUT2D eigenvalue weighted by Gasteiger charge is -2.04. The monoisotopic (exact) mass is 261 g/mol. The average molecular weight is 261 g/mol. The Morgan fingerprint density at radius 3 is 2.37 bits per heavy atom. The van der Waals surface area contributed by atoms with Gasteiger partial charge in [0.05, 0.1) is 6.21 Å². The minimum absolute atomic E-state index is 0.409. The van der Waals surface area contributed by atoms with E-state index in [1.807, 2.05) is 24.3 Å². The van der Waals surface area contributed by atoms with E-state index in [1.165, 1.54) is 11.8 Å². The fraction of sp³-hybridized carbons (Fsp3) is 0.357. The molecular weight excluding hydrogens is 242 g/mol. The van der Waals surface area contributed by atoms with Gasteiger partial charge in [0.2, 0.25) is 0 Å². The summed E-state index contributed by atoms with van der Waals surface area (Å²) in [6.07, 6.45) is 1.50. The molecule has 5 nitrogen and oxygen atoms in total. The van der Waals surface area contributed by atoms with Crippen LogP contribution in [0, 0.1) is 0 Å². The Kier molecular flexibility index (Phi) is 5.73. The lowest BCUT2D eigenvalue weighted by molar-refractivity contribution is -0.139. The topological polar surface area (TPSA) is 70.6 Å². The van der Waals surface area contributed by atoms with Crippen molar-refractivity contribution in [1.29, 1.82) is 0 Å². The molecular formula is C14H19N3O2. The lowest BCUT2D eigenvalue weighted by Crippen LogP contribution is -2.37. The van der Waals surface area contributed by atoms with Crippen molar-refractivity contribution in [1.82, 2.24) is 10.7 Å². The van der Waals surface area contributed by atoms with Crippen LogP contribution in [0.3, 0.4) is 0 Å². The first-order valence-electron chi connectivity index (χ1n) is 6.25. The first-order valence-corrected chi connectivity index (χ1v) is 6.25. The zero-order valence-corrected chi connectivity index (χ0v) is 11.4. The molecule has 0 unspecified atom stereocenters. The zero-order chi connectivity index (χ0) is 14.3. The molecule has 0 saturated heterocycles. The first kappa shape index (κ1) is 14.9. The van der Waals surface area contributed by atoms with Crippen LogP contribution in [-0.2, 0) is 9.59 Å². The van der Waals surface area contributed by atoms with Gasteiger partial charge in [-0.3, -0.25) is 9.59 Å². The van der Waals surface area contributed by atoms with Crippen molar-refractivity contribution >= 4 is 18.0 Å². The third-order valence-corrected chi connectivity index (χ3v) is 2.53. The number of nitrogens with one attached hydrogen (secondary N) is 2. The van der Waals surface area contributed by atoms with Gasteiger partial charge in [-0.25, -0.2) is 5.43 Å². The standard InChI is InChI=1S/C14H19N3O2/c1-4-15-13(18)14(19)17-16-9-11-5-7-12(8-6-11)10(2)3/h5-10H,4H2,1-3H3,(H,15,18)(H,17,19)/b16-9+. The first-order chi connectivity index (χ1) is 9.04. The molecule has 2 amide bonds. The van der Waals surface area contributed by atoms with Crippen molar-refractivity contribution < 1.29 is 9.59 Å². The highest BCUT2D eigenvalue weighted by Crippen LogP contribution is 2.13. The molecule has 0 aliphatic rings. The highest BCUT2D eigenvalue weighted by molar-refractivity contribution is 6.35. The van der Waals surface area contributed by atoms with E-state index in [9.17, 15) is 9.59 Å². The molecule has 1 aromatic carbocycles. The largest absolute Gasteiger partial charge is 0.348 e. The maximum absolute atomic E-state index is 11.2. The number of likely N-dealkylation sites (N-methyl/N-ethyl adjacent to an activating group) is 1. The third kappa shape index (κ3) is 4.91. The van der Waals surface area contributed by atoms with Crippen molar-refractivity contribution in [2.45, 2.75) is 26.7 Å². The number of hydrogen-bond acceptors (Lipinski definition) is 3. The van der Waals surface area contributed by atoms with Gasteiger partial charge in [0.1, 0.15) is 0 Å². The predicted molar refractivity (Wildman–Crippen MR) is 75.0 cm³/mol. The number of hydrazone groups is 1. The van der Waals surface area contributed by atoms with E-state index >= 15 is 0 Å². The molecule has 0 spiro atoms. The van der Waals surface area contributed by atoms with Crippen LogP contribution in [0.25, 0.3) is 0 Å². The Bertz CT molecular complexity index is 464. The van der Waals surface area contributed by atoms with Gasteiger partial charge < -0.3 is 5.32 Å². The van der Waals surface area contributed by atoms with Crippen LogP contribution in [0.15, 0.2) is 29.4 Å². The van der Waals surface area contributed by atoms with Crippen LogP contribution in [0.1, 0.15) is 37.8 Å². The number of hydrogen-bond donors (Lipinski definition) is 2. The Morgan fingerprint density at radius 1 is 1.21 bits per heavy atom. The van der Waals surface area contributed by atoms with Gasteiger partial charge >= 0.3 is 11.8 Å². The third-order valence-electron chi connectivity index (χ3n) is 2.53. The summed E-state index contributed by atoms with van der Waals surface area (Å²) in [5, 5.41) is 6.12. The second kappa shape index (κ2) is 7.31. The van der Waals surface area contributed by atoms with Gasteiger partial charge in [-0.15, -0.1) is 0 Å². The Hall–Kier alpha value is -2.17. The molecule has 0 bridgehead atoms. The quantitative estimate of drug-likeness (QED) is 0.488. The summed E-state index contributed by atoms with van der Waals surface area (Å²) in [4.78, 5) is 22.3.